The Labute approximate surface area is 335 Å². The highest BCUT2D eigenvalue weighted by Gasteiger charge is 2.17. The van der Waals surface area contributed by atoms with Gasteiger partial charge in [-0.05, 0) is 73.6 Å². The number of benzene rings is 8. The van der Waals surface area contributed by atoms with Gasteiger partial charge in [-0.1, -0.05) is 152 Å². The maximum Gasteiger partial charge on any atom is 0.177 e. The number of hydrogen-bond acceptors (Lipinski definition) is 4. The van der Waals surface area contributed by atoms with Gasteiger partial charge >= 0.3 is 0 Å². The molecule has 58 heavy (non-hydrogen) atoms. The van der Waals surface area contributed by atoms with E-state index in [-0.39, 0.29) is 0 Å². The minimum absolute atomic E-state index is 0.454. The van der Waals surface area contributed by atoms with Crippen molar-refractivity contribution in [2.75, 3.05) is 0 Å². The fourth-order valence-electron chi connectivity index (χ4n) is 7.78. The first-order chi connectivity index (χ1) is 28.6. The van der Waals surface area contributed by atoms with Crippen molar-refractivity contribution in [3.8, 4) is 67.5 Å². The standard InChI is InChI=1S/C52H30N6/c1-53-40-28-39(29-41(30-40)54-2)33-22-24-34(25-23-33)46-32-47-43-20-10-9-19-42(43)45(31-48(47)44-21-12-26-55-49(44)46)37-17-11-18-38(27-37)52-57-50(35-13-5-3-6-14-35)56-51(58-52)36-15-7-4-8-16-36/h3-32H. The average Bonchev–Trinajstić information content (AvgIpc) is 3.31. The van der Waals surface area contributed by atoms with Gasteiger partial charge in [0, 0.05) is 33.8 Å². The number of fused-ring (bicyclic) bond motifs is 5. The number of pyridine rings is 1. The molecule has 0 aliphatic rings. The van der Waals surface area contributed by atoms with Crippen LogP contribution in [0.4, 0.5) is 11.4 Å². The summed E-state index contributed by atoms with van der Waals surface area (Å²) in [5.74, 6) is 1.86. The Balaban J connectivity index is 1.12. The fraction of sp³-hybridized carbons (Fsp3) is 0. The smallest absolute Gasteiger partial charge is 0.177 e. The maximum atomic E-state index is 7.50. The van der Waals surface area contributed by atoms with E-state index >= 15 is 0 Å². The van der Waals surface area contributed by atoms with Gasteiger partial charge in [-0.15, -0.1) is 0 Å². The fourth-order valence-corrected chi connectivity index (χ4v) is 7.78. The average molecular weight is 739 g/mol. The Bertz CT molecular complexity index is 3200. The molecule has 0 atom stereocenters. The Hall–Kier alpha value is -8.32. The van der Waals surface area contributed by atoms with Crippen LogP contribution in [0.1, 0.15) is 0 Å². The third-order valence-electron chi connectivity index (χ3n) is 10.5. The molecule has 0 N–H and O–H groups in total. The van der Waals surface area contributed by atoms with Crippen LogP contribution in [0.5, 0.6) is 0 Å². The zero-order chi connectivity index (χ0) is 39.0. The van der Waals surface area contributed by atoms with E-state index in [2.05, 4.69) is 101 Å². The lowest BCUT2D eigenvalue weighted by molar-refractivity contribution is 1.07. The molecule has 0 saturated heterocycles. The van der Waals surface area contributed by atoms with E-state index in [0.29, 0.717) is 28.8 Å². The summed E-state index contributed by atoms with van der Waals surface area (Å²) in [6.07, 6.45) is 1.85. The van der Waals surface area contributed by atoms with Crippen molar-refractivity contribution in [2.24, 2.45) is 0 Å². The van der Waals surface area contributed by atoms with E-state index in [9.17, 15) is 0 Å². The largest absolute Gasteiger partial charge is 0.256 e. The first-order valence-corrected chi connectivity index (χ1v) is 18.9. The molecule has 6 nitrogen and oxygen atoms in total. The second-order valence-electron chi connectivity index (χ2n) is 14.0. The van der Waals surface area contributed by atoms with Crippen LogP contribution in [0.15, 0.2) is 182 Å². The van der Waals surface area contributed by atoms with Crippen LogP contribution in [0, 0.1) is 13.1 Å². The van der Waals surface area contributed by atoms with Gasteiger partial charge < -0.3 is 0 Å². The summed E-state index contributed by atoms with van der Waals surface area (Å²) in [5, 5.41) is 5.59. The summed E-state index contributed by atoms with van der Waals surface area (Å²) >= 11 is 0. The van der Waals surface area contributed by atoms with Crippen LogP contribution in [0.3, 0.4) is 0 Å². The molecule has 6 heteroatoms. The molecule has 10 aromatic rings. The zero-order valence-electron chi connectivity index (χ0n) is 31.0. The number of hydrogen-bond donors (Lipinski definition) is 0. The van der Waals surface area contributed by atoms with E-state index in [1.807, 2.05) is 85.1 Å². The van der Waals surface area contributed by atoms with E-state index in [1.54, 1.807) is 6.07 Å². The van der Waals surface area contributed by atoms with Crippen molar-refractivity contribution in [1.82, 2.24) is 19.9 Å². The van der Waals surface area contributed by atoms with Crippen molar-refractivity contribution in [3.05, 3.63) is 205 Å². The molecule has 0 saturated carbocycles. The zero-order valence-corrected chi connectivity index (χ0v) is 31.0. The van der Waals surface area contributed by atoms with Crippen LogP contribution in [-0.4, -0.2) is 19.9 Å². The minimum Gasteiger partial charge on any atom is -0.256 e. The highest BCUT2D eigenvalue weighted by Crippen LogP contribution is 2.42. The summed E-state index contributed by atoms with van der Waals surface area (Å²) in [6.45, 7) is 15.0. The molecular weight excluding hydrogens is 709 g/mol. The van der Waals surface area contributed by atoms with Crippen LogP contribution < -0.4 is 0 Å². The van der Waals surface area contributed by atoms with Gasteiger partial charge in [0.1, 0.15) is 0 Å². The molecule has 0 bridgehead atoms. The van der Waals surface area contributed by atoms with Gasteiger partial charge in [-0.25, -0.2) is 24.6 Å². The van der Waals surface area contributed by atoms with Crippen molar-refractivity contribution in [3.63, 3.8) is 0 Å². The molecule has 0 aliphatic carbocycles. The van der Waals surface area contributed by atoms with Gasteiger partial charge in [-0.3, -0.25) is 4.98 Å². The van der Waals surface area contributed by atoms with E-state index in [1.165, 1.54) is 0 Å². The van der Waals surface area contributed by atoms with Crippen LogP contribution in [-0.2, 0) is 0 Å². The van der Waals surface area contributed by atoms with Crippen LogP contribution >= 0.6 is 0 Å². The van der Waals surface area contributed by atoms with Crippen LogP contribution in [0.25, 0.3) is 110 Å². The molecule has 2 heterocycles. The highest BCUT2D eigenvalue weighted by atomic mass is 15.0. The SMILES string of the molecule is [C-]#[N+]c1cc([N+]#[C-])cc(-c2ccc(-c3cc4c5ccccc5c(-c5cccc(-c6nc(-c7ccccc7)nc(-c7ccccc7)n6)c5)cc4c4cccnc34)cc2)c1. The Morgan fingerprint density at radius 2 is 0.845 bits per heavy atom. The predicted octanol–water partition coefficient (Wildman–Crippen LogP) is 13.8. The van der Waals surface area contributed by atoms with Crippen molar-refractivity contribution >= 4 is 43.8 Å². The third-order valence-corrected chi connectivity index (χ3v) is 10.5. The van der Waals surface area contributed by atoms with Gasteiger partial charge in [0.15, 0.2) is 28.8 Å². The molecule has 0 spiro atoms. The highest BCUT2D eigenvalue weighted by molar-refractivity contribution is 6.23. The topological polar surface area (TPSA) is 60.3 Å². The molecular formula is C52H30N6. The van der Waals surface area contributed by atoms with Crippen molar-refractivity contribution in [2.45, 2.75) is 0 Å². The summed E-state index contributed by atoms with van der Waals surface area (Å²) in [4.78, 5) is 27.0. The van der Waals surface area contributed by atoms with E-state index in [0.717, 1.165) is 82.5 Å². The second kappa shape index (κ2) is 14.4. The van der Waals surface area contributed by atoms with Gasteiger partial charge in [0.05, 0.1) is 18.7 Å². The normalized spacial score (nSPS) is 11.1. The van der Waals surface area contributed by atoms with Gasteiger partial charge in [0.25, 0.3) is 0 Å². The number of nitrogens with zero attached hydrogens (tertiary/aromatic N) is 6. The second-order valence-corrected chi connectivity index (χ2v) is 14.0. The molecule has 0 radical (unpaired) electrons. The summed E-state index contributed by atoms with van der Waals surface area (Å²) in [6, 6.07) is 59.4. The molecule has 8 aromatic carbocycles. The Morgan fingerprint density at radius 3 is 1.50 bits per heavy atom. The first kappa shape index (κ1) is 34.2. The summed E-state index contributed by atoms with van der Waals surface area (Å²) in [7, 11) is 0. The molecule has 268 valence electrons. The van der Waals surface area contributed by atoms with Crippen LogP contribution in [0.2, 0.25) is 0 Å². The number of aromatic nitrogens is 4. The monoisotopic (exact) mass is 738 g/mol. The lowest BCUT2D eigenvalue weighted by Gasteiger charge is -2.16. The van der Waals surface area contributed by atoms with E-state index in [4.69, 9.17) is 33.1 Å². The van der Waals surface area contributed by atoms with Gasteiger partial charge in [-0.2, -0.15) is 0 Å². The first-order valence-electron chi connectivity index (χ1n) is 18.9. The Morgan fingerprint density at radius 1 is 0.328 bits per heavy atom. The lowest BCUT2D eigenvalue weighted by Crippen LogP contribution is -2.00. The molecule has 0 aliphatic heterocycles. The van der Waals surface area contributed by atoms with Crippen molar-refractivity contribution < 1.29 is 0 Å². The molecule has 10 rings (SSSR count). The molecule has 0 unspecified atom stereocenters. The Kier molecular flexibility index (Phi) is 8.49. The third kappa shape index (κ3) is 6.18. The minimum atomic E-state index is 0.454. The lowest BCUT2D eigenvalue weighted by atomic mass is 9.88. The summed E-state index contributed by atoms with van der Waals surface area (Å²) in [5.41, 5.74) is 10.6. The summed E-state index contributed by atoms with van der Waals surface area (Å²) < 4.78 is 0. The quantitative estimate of drug-likeness (QED) is 0.126. The molecule has 2 aromatic heterocycles. The van der Waals surface area contributed by atoms with Gasteiger partial charge in [0.2, 0.25) is 0 Å². The number of rotatable bonds is 6. The van der Waals surface area contributed by atoms with E-state index < -0.39 is 0 Å². The molecule has 0 fully saturated rings. The predicted molar refractivity (Wildman–Crippen MR) is 235 cm³/mol. The van der Waals surface area contributed by atoms with Crippen molar-refractivity contribution in [1.29, 1.82) is 0 Å². The molecule has 0 amide bonds. The maximum absolute atomic E-state index is 7.50.